The summed E-state index contributed by atoms with van der Waals surface area (Å²) in [6, 6.07) is 0. The molecule has 2 heterocycles. The normalized spacial score (nSPS) is 17.4. The molecule has 1 saturated heterocycles. The van der Waals surface area contributed by atoms with Gasteiger partial charge in [-0.2, -0.15) is 4.37 Å². The molecule has 22 heavy (non-hydrogen) atoms. The molecule has 1 aromatic heterocycles. The molecular weight excluding hydrogens is 302 g/mol. The molecule has 1 amide bonds. The summed E-state index contributed by atoms with van der Waals surface area (Å²) in [5.41, 5.74) is 5.59. The van der Waals surface area contributed by atoms with Gasteiger partial charge in [-0.25, -0.2) is 4.98 Å². The van der Waals surface area contributed by atoms with Crippen LogP contribution in [0.1, 0.15) is 25.6 Å². The van der Waals surface area contributed by atoms with Crippen molar-refractivity contribution in [2.45, 2.75) is 32.3 Å². The molecule has 2 rings (SSSR count). The van der Waals surface area contributed by atoms with E-state index in [1.165, 1.54) is 11.5 Å². The van der Waals surface area contributed by atoms with Gasteiger partial charge in [-0.15, -0.1) is 0 Å². The molecule has 124 valence electrons. The Kier molecular flexibility index (Phi) is 6.53. The summed E-state index contributed by atoms with van der Waals surface area (Å²) in [5, 5.41) is 0.961. The molecule has 0 bridgehead atoms. The Morgan fingerprint density at radius 2 is 2.23 bits per heavy atom. The molecule has 1 fully saturated rings. The van der Waals surface area contributed by atoms with Crippen LogP contribution in [0.3, 0.4) is 0 Å². The van der Waals surface area contributed by atoms with E-state index in [9.17, 15) is 4.79 Å². The van der Waals surface area contributed by atoms with E-state index in [2.05, 4.69) is 21.2 Å². The molecule has 0 spiro atoms. The number of methoxy groups -OCH3 is 1. The lowest BCUT2D eigenvalue weighted by atomic mass is 10.2. The number of nitrogens with zero attached hydrogens (tertiary/aromatic N) is 4. The van der Waals surface area contributed by atoms with Crippen LogP contribution in [-0.4, -0.2) is 66.1 Å². The number of aryl methyl sites for hydroxylation is 1. The molecular formula is C14H25N5O2S. The number of hydrogen-bond acceptors (Lipinski definition) is 7. The van der Waals surface area contributed by atoms with Crippen molar-refractivity contribution in [3.05, 3.63) is 5.82 Å². The second-order valence-corrected chi connectivity index (χ2v) is 6.10. The lowest BCUT2D eigenvalue weighted by Crippen LogP contribution is -2.38. The number of nitrogens with two attached hydrogens (primary N) is 1. The Morgan fingerprint density at radius 1 is 1.41 bits per heavy atom. The van der Waals surface area contributed by atoms with Crippen LogP contribution in [0.15, 0.2) is 0 Å². The second kappa shape index (κ2) is 8.40. The topological polar surface area (TPSA) is 84.6 Å². The number of carbonyl (C=O) groups excluding carboxylic acids is 1. The molecule has 7 nitrogen and oxygen atoms in total. The van der Waals surface area contributed by atoms with Gasteiger partial charge < -0.3 is 20.3 Å². The third-order valence-electron chi connectivity index (χ3n) is 3.89. The first-order valence-electron chi connectivity index (χ1n) is 7.76. The Morgan fingerprint density at radius 3 is 2.86 bits per heavy atom. The zero-order valence-corrected chi connectivity index (χ0v) is 14.1. The number of carbonyl (C=O) groups is 1. The molecule has 1 aliphatic heterocycles. The van der Waals surface area contributed by atoms with Gasteiger partial charge >= 0.3 is 0 Å². The fraction of sp³-hybridized carbons (Fsp3) is 0.786. The van der Waals surface area contributed by atoms with E-state index in [1.54, 1.807) is 7.11 Å². The quantitative estimate of drug-likeness (QED) is 0.819. The Hall–Kier alpha value is -1.25. The second-order valence-electron chi connectivity index (χ2n) is 5.37. The molecule has 8 heteroatoms. The van der Waals surface area contributed by atoms with E-state index in [4.69, 9.17) is 10.5 Å². The summed E-state index contributed by atoms with van der Waals surface area (Å²) in [6.45, 7) is 5.61. The first-order valence-corrected chi connectivity index (χ1v) is 8.53. The van der Waals surface area contributed by atoms with Crippen molar-refractivity contribution < 1.29 is 9.53 Å². The number of ether oxygens (including phenoxy) is 1. The molecule has 2 N–H and O–H groups in total. The van der Waals surface area contributed by atoms with Gasteiger partial charge in [0.05, 0.1) is 12.5 Å². The number of rotatable bonds is 6. The Labute approximate surface area is 135 Å². The monoisotopic (exact) mass is 327 g/mol. The van der Waals surface area contributed by atoms with Gasteiger partial charge in [0.25, 0.3) is 0 Å². The maximum atomic E-state index is 12.3. The van der Waals surface area contributed by atoms with Crippen molar-refractivity contribution in [1.82, 2.24) is 14.3 Å². The van der Waals surface area contributed by atoms with Gasteiger partial charge in [0.1, 0.15) is 5.82 Å². The number of aromatic nitrogens is 2. The summed E-state index contributed by atoms with van der Waals surface area (Å²) in [7, 11) is 1.59. The van der Waals surface area contributed by atoms with E-state index in [-0.39, 0.29) is 12.0 Å². The van der Waals surface area contributed by atoms with Gasteiger partial charge in [0.15, 0.2) is 0 Å². The summed E-state index contributed by atoms with van der Waals surface area (Å²) in [5.74, 6) is 1.01. The molecule has 0 aliphatic carbocycles. The molecule has 0 radical (unpaired) electrons. The third-order valence-corrected chi connectivity index (χ3v) is 4.71. The SMILES string of the molecule is CCc1nsc(N2CCCN(C(=O)CC(CN)OC)CC2)n1. The van der Waals surface area contributed by atoms with Crippen LogP contribution in [0.4, 0.5) is 5.13 Å². The highest BCUT2D eigenvalue weighted by Crippen LogP contribution is 2.19. The fourth-order valence-electron chi connectivity index (χ4n) is 2.46. The van der Waals surface area contributed by atoms with Crippen LogP contribution in [0.25, 0.3) is 0 Å². The van der Waals surface area contributed by atoms with Crippen LogP contribution >= 0.6 is 11.5 Å². The largest absolute Gasteiger partial charge is 0.380 e. The van der Waals surface area contributed by atoms with E-state index in [0.717, 1.165) is 43.4 Å². The van der Waals surface area contributed by atoms with Crippen molar-refractivity contribution in [2.75, 3.05) is 44.7 Å². The highest BCUT2D eigenvalue weighted by atomic mass is 32.1. The van der Waals surface area contributed by atoms with Crippen molar-refractivity contribution >= 4 is 22.6 Å². The molecule has 0 saturated carbocycles. The first-order chi connectivity index (χ1) is 10.7. The van der Waals surface area contributed by atoms with Crippen molar-refractivity contribution in [1.29, 1.82) is 0 Å². The van der Waals surface area contributed by atoms with Crippen LogP contribution in [0.5, 0.6) is 0 Å². The summed E-state index contributed by atoms with van der Waals surface area (Å²) in [6.07, 6.45) is 1.95. The van der Waals surface area contributed by atoms with Crippen LogP contribution < -0.4 is 10.6 Å². The Balaban J connectivity index is 1.90. The zero-order chi connectivity index (χ0) is 15.9. The van der Waals surface area contributed by atoms with Gasteiger partial charge in [-0.3, -0.25) is 4.79 Å². The minimum absolute atomic E-state index is 0.116. The maximum Gasteiger partial charge on any atom is 0.225 e. The van der Waals surface area contributed by atoms with E-state index in [0.29, 0.717) is 19.5 Å². The molecule has 0 aromatic carbocycles. The highest BCUT2D eigenvalue weighted by molar-refractivity contribution is 7.09. The minimum Gasteiger partial charge on any atom is -0.380 e. The smallest absolute Gasteiger partial charge is 0.225 e. The summed E-state index contributed by atoms with van der Waals surface area (Å²) >= 11 is 1.44. The minimum atomic E-state index is -0.192. The predicted octanol–water partition coefficient (Wildman–Crippen LogP) is 0.503. The lowest BCUT2D eigenvalue weighted by molar-refractivity contribution is -0.133. The van der Waals surface area contributed by atoms with Crippen molar-refractivity contribution in [2.24, 2.45) is 5.73 Å². The standard InChI is InChI=1S/C14H25N5O2S/c1-3-12-16-14(22-17-12)19-6-4-5-18(7-8-19)13(20)9-11(10-15)21-2/h11H,3-10,15H2,1-2H3. The first kappa shape index (κ1) is 17.1. The predicted molar refractivity (Wildman–Crippen MR) is 87.2 cm³/mol. The number of hydrogen-bond donors (Lipinski definition) is 1. The van der Waals surface area contributed by atoms with E-state index < -0.39 is 0 Å². The van der Waals surface area contributed by atoms with Crippen molar-refractivity contribution in [3.8, 4) is 0 Å². The fourth-order valence-corrected chi connectivity index (χ4v) is 3.26. The molecule has 1 aromatic rings. The lowest BCUT2D eigenvalue weighted by Gasteiger charge is -2.23. The highest BCUT2D eigenvalue weighted by Gasteiger charge is 2.23. The number of anilines is 1. The van der Waals surface area contributed by atoms with Crippen molar-refractivity contribution in [3.63, 3.8) is 0 Å². The third kappa shape index (κ3) is 4.37. The van der Waals surface area contributed by atoms with Gasteiger partial charge in [0.2, 0.25) is 11.0 Å². The average Bonchev–Trinajstić information content (AvgIpc) is 2.89. The van der Waals surface area contributed by atoms with Gasteiger partial charge in [0, 0.05) is 57.8 Å². The molecule has 1 aliphatic rings. The van der Waals surface area contributed by atoms with Gasteiger partial charge in [-0.05, 0) is 6.42 Å². The summed E-state index contributed by atoms with van der Waals surface area (Å²) < 4.78 is 9.53. The molecule has 1 atom stereocenters. The van der Waals surface area contributed by atoms with Crippen LogP contribution in [0.2, 0.25) is 0 Å². The van der Waals surface area contributed by atoms with E-state index >= 15 is 0 Å². The van der Waals surface area contributed by atoms with E-state index in [1.807, 2.05) is 4.90 Å². The maximum absolute atomic E-state index is 12.3. The summed E-state index contributed by atoms with van der Waals surface area (Å²) in [4.78, 5) is 21.0. The van der Waals surface area contributed by atoms with Crippen LogP contribution in [-0.2, 0) is 16.0 Å². The van der Waals surface area contributed by atoms with Crippen LogP contribution in [0, 0.1) is 0 Å². The number of amides is 1. The Bertz CT molecular complexity index is 478. The average molecular weight is 327 g/mol. The zero-order valence-electron chi connectivity index (χ0n) is 13.3. The van der Waals surface area contributed by atoms with Gasteiger partial charge in [-0.1, -0.05) is 6.92 Å². The molecule has 1 unspecified atom stereocenters.